The number of methoxy groups -OCH3 is 1. The Hall–Kier alpha value is -2.62. The second kappa shape index (κ2) is 5.17. The number of carbonyl (C=O) groups excluding carboxylic acids is 1. The van der Waals surface area contributed by atoms with Gasteiger partial charge in [0.05, 0.1) is 18.5 Å². The van der Waals surface area contributed by atoms with Gasteiger partial charge in [-0.2, -0.15) is 0 Å². The third-order valence-electron chi connectivity index (χ3n) is 3.21. The fraction of sp³-hybridized carbons (Fsp3) is 0.125. The van der Waals surface area contributed by atoms with Crippen molar-refractivity contribution in [3.63, 3.8) is 0 Å². The molecule has 0 bridgehead atoms. The van der Waals surface area contributed by atoms with E-state index in [1.165, 1.54) is 0 Å². The van der Waals surface area contributed by atoms with Crippen LogP contribution in [-0.4, -0.2) is 22.8 Å². The highest BCUT2D eigenvalue weighted by atomic mass is 16.5. The van der Waals surface area contributed by atoms with Crippen LogP contribution in [0.2, 0.25) is 0 Å². The van der Waals surface area contributed by atoms with E-state index in [1.54, 1.807) is 13.2 Å². The first-order valence-electron chi connectivity index (χ1n) is 6.35. The van der Waals surface area contributed by atoms with Crippen molar-refractivity contribution in [3.05, 3.63) is 65.6 Å². The van der Waals surface area contributed by atoms with E-state index in [-0.39, 0.29) is 0 Å². The van der Waals surface area contributed by atoms with E-state index in [0.717, 1.165) is 28.9 Å². The third-order valence-corrected chi connectivity index (χ3v) is 3.21. The summed E-state index contributed by atoms with van der Waals surface area (Å²) in [6, 6.07) is 13.4. The summed E-state index contributed by atoms with van der Waals surface area (Å²) in [4.78, 5) is 15.5. The maximum atomic E-state index is 11.0. The number of carbonyl (C=O) groups is 1. The van der Waals surface area contributed by atoms with Crippen molar-refractivity contribution >= 4 is 11.9 Å². The average Bonchev–Trinajstić information content (AvgIpc) is 2.89. The molecule has 0 unspecified atom stereocenters. The van der Waals surface area contributed by atoms with Gasteiger partial charge in [0.25, 0.3) is 0 Å². The van der Waals surface area contributed by atoms with Crippen LogP contribution in [-0.2, 0) is 6.42 Å². The molecule has 2 aromatic heterocycles. The van der Waals surface area contributed by atoms with Crippen LogP contribution in [0.5, 0.6) is 5.75 Å². The molecule has 2 heterocycles. The van der Waals surface area contributed by atoms with Gasteiger partial charge < -0.3 is 4.74 Å². The number of imidazole rings is 1. The number of nitrogens with zero attached hydrogens (tertiary/aromatic N) is 2. The van der Waals surface area contributed by atoms with Gasteiger partial charge in [0.15, 0.2) is 6.29 Å². The number of pyridine rings is 1. The van der Waals surface area contributed by atoms with Gasteiger partial charge >= 0.3 is 0 Å². The minimum Gasteiger partial charge on any atom is -0.497 e. The number of aromatic nitrogens is 2. The summed E-state index contributed by atoms with van der Waals surface area (Å²) in [5, 5.41) is 0. The molecule has 4 nitrogen and oxygen atoms in total. The quantitative estimate of drug-likeness (QED) is 0.682. The largest absolute Gasteiger partial charge is 0.497 e. The lowest BCUT2D eigenvalue weighted by Gasteiger charge is -2.02. The van der Waals surface area contributed by atoms with Gasteiger partial charge in [-0.1, -0.05) is 18.2 Å². The van der Waals surface area contributed by atoms with Crippen LogP contribution in [0.3, 0.4) is 0 Å². The van der Waals surface area contributed by atoms with Gasteiger partial charge in [-0.15, -0.1) is 0 Å². The lowest BCUT2D eigenvalue weighted by Crippen LogP contribution is -1.92. The zero-order valence-electron chi connectivity index (χ0n) is 11.1. The molecule has 0 saturated carbocycles. The molecule has 0 spiro atoms. The third kappa shape index (κ3) is 2.28. The molecular formula is C16H14N2O2. The number of hydrogen-bond donors (Lipinski definition) is 0. The SMILES string of the molecule is COc1cccc(Cc2cn3c(C=O)cccc3n2)c1. The normalized spacial score (nSPS) is 10.7. The number of fused-ring (bicyclic) bond motifs is 1. The van der Waals surface area contributed by atoms with E-state index in [2.05, 4.69) is 4.98 Å². The highest BCUT2D eigenvalue weighted by Crippen LogP contribution is 2.16. The molecule has 0 atom stereocenters. The van der Waals surface area contributed by atoms with Crippen molar-refractivity contribution in [3.8, 4) is 5.75 Å². The van der Waals surface area contributed by atoms with Crippen LogP contribution < -0.4 is 4.74 Å². The first-order chi connectivity index (χ1) is 9.80. The molecule has 4 heteroatoms. The van der Waals surface area contributed by atoms with Crippen LogP contribution in [0.1, 0.15) is 21.7 Å². The number of hydrogen-bond acceptors (Lipinski definition) is 3. The molecule has 0 saturated heterocycles. The second-order valence-electron chi connectivity index (χ2n) is 4.56. The van der Waals surface area contributed by atoms with E-state index in [1.807, 2.05) is 47.0 Å². The Kier molecular flexibility index (Phi) is 3.21. The summed E-state index contributed by atoms with van der Waals surface area (Å²) in [6.07, 6.45) is 3.44. The van der Waals surface area contributed by atoms with Crippen molar-refractivity contribution in [2.45, 2.75) is 6.42 Å². The maximum absolute atomic E-state index is 11.0. The van der Waals surface area contributed by atoms with Gasteiger partial charge in [-0.25, -0.2) is 4.98 Å². The molecule has 0 N–H and O–H groups in total. The summed E-state index contributed by atoms with van der Waals surface area (Å²) in [5.74, 6) is 0.833. The predicted octanol–water partition coefficient (Wildman–Crippen LogP) is 2.75. The Labute approximate surface area is 116 Å². The topological polar surface area (TPSA) is 43.6 Å². The summed E-state index contributed by atoms with van der Waals surface area (Å²) in [6.45, 7) is 0. The summed E-state index contributed by atoms with van der Waals surface area (Å²) in [7, 11) is 1.65. The number of rotatable bonds is 4. The minimum absolute atomic E-state index is 0.604. The Morgan fingerprint density at radius 3 is 2.90 bits per heavy atom. The fourth-order valence-electron chi connectivity index (χ4n) is 2.26. The van der Waals surface area contributed by atoms with Crippen molar-refractivity contribution < 1.29 is 9.53 Å². The molecule has 0 fully saturated rings. The van der Waals surface area contributed by atoms with Crippen molar-refractivity contribution in [2.24, 2.45) is 0 Å². The molecule has 0 aliphatic heterocycles. The van der Waals surface area contributed by atoms with E-state index in [4.69, 9.17) is 4.74 Å². The number of aldehydes is 1. The second-order valence-corrected chi connectivity index (χ2v) is 4.56. The molecule has 0 amide bonds. The number of benzene rings is 1. The Morgan fingerprint density at radius 2 is 2.10 bits per heavy atom. The van der Waals surface area contributed by atoms with Crippen LogP contribution in [0.15, 0.2) is 48.7 Å². The molecule has 0 radical (unpaired) electrons. The Bertz CT molecular complexity index is 762. The van der Waals surface area contributed by atoms with Gasteiger partial charge in [0.2, 0.25) is 0 Å². The summed E-state index contributed by atoms with van der Waals surface area (Å²) < 4.78 is 7.02. The van der Waals surface area contributed by atoms with Crippen LogP contribution >= 0.6 is 0 Å². The van der Waals surface area contributed by atoms with Crippen LogP contribution in [0, 0.1) is 0 Å². The van der Waals surface area contributed by atoms with E-state index < -0.39 is 0 Å². The first-order valence-corrected chi connectivity index (χ1v) is 6.35. The molecule has 3 aromatic rings. The lowest BCUT2D eigenvalue weighted by molar-refractivity contribution is 0.111. The summed E-state index contributed by atoms with van der Waals surface area (Å²) >= 11 is 0. The Balaban J connectivity index is 1.96. The van der Waals surface area contributed by atoms with E-state index in [0.29, 0.717) is 12.1 Å². The molecule has 20 heavy (non-hydrogen) atoms. The zero-order chi connectivity index (χ0) is 13.9. The molecule has 0 aliphatic carbocycles. The molecule has 100 valence electrons. The molecule has 3 rings (SSSR count). The van der Waals surface area contributed by atoms with Gasteiger partial charge in [-0.3, -0.25) is 9.20 Å². The average molecular weight is 266 g/mol. The molecule has 1 aromatic carbocycles. The standard InChI is InChI=1S/C16H14N2O2/c1-20-15-6-2-4-12(9-15)8-13-10-18-14(11-19)5-3-7-16(18)17-13/h2-7,9-11H,8H2,1H3. The van der Waals surface area contributed by atoms with Gasteiger partial charge in [0, 0.05) is 12.6 Å². The van der Waals surface area contributed by atoms with Crippen molar-refractivity contribution in [2.75, 3.05) is 7.11 Å². The van der Waals surface area contributed by atoms with Crippen LogP contribution in [0.25, 0.3) is 5.65 Å². The van der Waals surface area contributed by atoms with Crippen molar-refractivity contribution in [1.29, 1.82) is 0 Å². The first kappa shape index (κ1) is 12.4. The summed E-state index contributed by atoms with van der Waals surface area (Å²) in [5.41, 5.74) is 3.44. The lowest BCUT2D eigenvalue weighted by atomic mass is 10.1. The fourth-order valence-corrected chi connectivity index (χ4v) is 2.26. The Morgan fingerprint density at radius 1 is 1.25 bits per heavy atom. The van der Waals surface area contributed by atoms with E-state index >= 15 is 0 Å². The minimum atomic E-state index is 0.604. The molecular weight excluding hydrogens is 252 g/mol. The molecule has 0 aliphatic rings. The highest BCUT2D eigenvalue weighted by Gasteiger charge is 2.06. The smallest absolute Gasteiger partial charge is 0.166 e. The highest BCUT2D eigenvalue weighted by molar-refractivity contribution is 5.73. The van der Waals surface area contributed by atoms with Gasteiger partial charge in [0.1, 0.15) is 11.4 Å². The van der Waals surface area contributed by atoms with Crippen LogP contribution in [0.4, 0.5) is 0 Å². The zero-order valence-corrected chi connectivity index (χ0v) is 11.1. The van der Waals surface area contributed by atoms with Crippen molar-refractivity contribution in [1.82, 2.24) is 9.38 Å². The van der Waals surface area contributed by atoms with E-state index in [9.17, 15) is 4.79 Å². The predicted molar refractivity (Wildman–Crippen MR) is 76.4 cm³/mol. The monoisotopic (exact) mass is 266 g/mol. The number of ether oxygens (including phenoxy) is 1. The maximum Gasteiger partial charge on any atom is 0.166 e. The van der Waals surface area contributed by atoms with Gasteiger partial charge in [-0.05, 0) is 29.8 Å².